The number of quaternary nitrogens is 2. The molecule has 2 aromatic carbocycles. The van der Waals surface area contributed by atoms with Crippen LogP contribution in [-0.4, -0.2) is 76.9 Å². The maximum Gasteiger partial charge on any atom is 0.277 e. The molecular formula is C24H33N3O4+2. The highest BCUT2D eigenvalue weighted by Crippen LogP contribution is 2.30. The molecule has 1 saturated heterocycles. The summed E-state index contributed by atoms with van der Waals surface area (Å²) in [6, 6.07) is 16.0. The van der Waals surface area contributed by atoms with Crippen molar-refractivity contribution in [1.82, 2.24) is 4.90 Å². The van der Waals surface area contributed by atoms with E-state index in [2.05, 4.69) is 12.1 Å². The summed E-state index contributed by atoms with van der Waals surface area (Å²) in [5.74, 6) is 2.58. The Morgan fingerprint density at radius 1 is 1.03 bits per heavy atom. The first-order valence-corrected chi connectivity index (χ1v) is 11.0. The Balaban J connectivity index is 1.19. The van der Waals surface area contributed by atoms with Gasteiger partial charge in [-0.2, -0.15) is 0 Å². The first-order chi connectivity index (χ1) is 15.1. The maximum atomic E-state index is 12.8. The zero-order chi connectivity index (χ0) is 21.6. The third-order valence-corrected chi connectivity index (χ3v) is 6.15. The topological polar surface area (TPSA) is 56.9 Å². The van der Waals surface area contributed by atoms with Crippen LogP contribution in [0.1, 0.15) is 5.56 Å². The van der Waals surface area contributed by atoms with Gasteiger partial charge in [0.25, 0.3) is 5.91 Å². The lowest BCUT2D eigenvalue weighted by atomic mass is 10.2. The highest BCUT2D eigenvalue weighted by Gasteiger charge is 2.28. The molecule has 0 aliphatic carbocycles. The monoisotopic (exact) mass is 427 g/mol. The van der Waals surface area contributed by atoms with Crippen LogP contribution >= 0.6 is 0 Å². The summed E-state index contributed by atoms with van der Waals surface area (Å²) in [4.78, 5) is 17.5. The number of fused-ring (bicyclic) bond motifs is 1. The highest BCUT2D eigenvalue weighted by molar-refractivity contribution is 5.76. The normalized spacial score (nSPS) is 22.6. The predicted octanol–water partition coefficient (Wildman–Crippen LogP) is -0.723. The van der Waals surface area contributed by atoms with E-state index in [0.29, 0.717) is 19.7 Å². The van der Waals surface area contributed by atoms with Gasteiger partial charge in [0.2, 0.25) is 0 Å². The fraction of sp³-hybridized carbons (Fsp3) is 0.458. The Bertz CT molecular complexity index is 865. The second kappa shape index (κ2) is 10.0. The third-order valence-electron chi connectivity index (χ3n) is 6.15. The largest absolute Gasteiger partial charge is 0.497 e. The lowest BCUT2D eigenvalue weighted by molar-refractivity contribution is -1.02. The van der Waals surface area contributed by atoms with E-state index >= 15 is 0 Å². The van der Waals surface area contributed by atoms with Crippen molar-refractivity contribution >= 4 is 5.91 Å². The van der Waals surface area contributed by atoms with Gasteiger partial charge in [-0.3, -0.25) is 4.79 Å². The first-order valence-electron chi connectivity index (χ1n) is 11.0. The lowest BCUT2D eigenvalue weighted by Crippen LogP contribution is -3.28. The van der Waals surface area contributed by atoms with Crippen molar-refractivity contribution in [2.24, 2.45) is 0 Å². The summed E-state index contributed by atoms with van der Waals surface area (Å²) in [7, 11) is 3.55. The molecule has 2 N–H and O–H groups in total. The molecule has 0 spiro atoms. The van der Waals surface area contributed by atoms with E-state index in [0.717, 1.165) is 50.0 Å². The number of piperazine rings is 1. The van der Waals surface area contributed by atoms with E-state index in [4.69, 9.17) is 14.2 Å². The minimum Gasteiger partial charge on any atom is -0.497 e. The van der Waals surface area contributed by atoms with Gasteiger partial charge in [0, 0.05) is 12.6 Å². The Morgan fingerprint density at radius 3 is 2.42 bits per heavy atom. The minimum absolute atomic E-state index is 0.135. The summed E-state index contributed by atoms with van der Waals surface area (Å²) < 4.78 is 17.0. The van der Waals surface area contributed by atoms with Gasteiger partial charge in [0.1, 0.15) is 45.1 Å². The summed E-state index contributed by atoms with van der Waals surface area (Å²) in [6.07, 6.45) is -0.135. The number of hydrogen-bond acceptors (Lipinski definition) is 4. The number of likely N-dealkylation sites (N-methyl/N-ethyl adjacent to an activating group) is 1. The molecule has 2 aliphatic rings. The lowest BCUT2D eigenvalue weighted by Gasteiger charge is -2.32. The molecule has 31 heavy (non-hydrogen) atoms. The average molecular weight is 428 g/mol. The minimum atomic E-state index is -0.135. The van der Waals surface area contributed by atoms with Crippen molar-refractivity contribution in [2.75, 3.05) is 60.0 Å². The average Bonchev–Trinajstić information content (AvgIpc) is 2.80. The molecule has 1 fully saturated rings. The molecule has 0 bridgehead atoms. The molecule has 2 heterocycles. The second-order valence-corrected chi connectivity index (χ2v) is 8.47. The Labute approximate surface area is 184 Å². The third kappa shape index (κ3) is 5.68. The SMILES string of the molecule is COc1ccc(C[NH+]2CC[NH+](CC(=O)N(C)C[C@H]3COc4ccccc4O3)CC2)cc1. The Hall–Kier alpha value is -2.77. The zero-order valence-corrected chi connectivity index (χ0v) is 18.4. The van der Waals surface area contributed by atoms with E-state index < -0.39 is 0 Å². The number of methoxy groups -OCH3 is 1. The summed E-state index contributed by atoms with van der Waals surface area (Å²) >= 11 is 0. The standard InChI is InChI=1S/C24H31N3O4/c1-25(16-21-18-30-22-5-3-4-6-23(22)31-21)24(28)17-27-13-11-26(12-14-27)15-19-7-9-20(29-2)10-8-19/h3-10,21H,11-18H2,1-2H3/p+2/t21-/m0/s1. The molecule has 0 radical (unpaired) electrons. The molecule has 1 amide bonds. The van der Waals surface area contributed by atoms with Gasteiger partial charge in [-0.15, -0.1) is 0 Å². The smallest absolute Gasteiger partial charge is 0.277 e. The number of para-hydroxylation sites is 2. The molecule has 4 rings (SSSR count). The number of carbonyl (C=O) groups excluding carboxylic acids is 1. The summed E-state index contributed by atoms with van der Waals surface area (Å²) in [5.41, 5.74) is 1.33. The predicted molar refractivity (Wildman–Crippen MR) is 117 cm³/mol. The molecule has 0 aromatic heterocycles. The van der Waals surface area contributed by atoms with Gasteiger partial charge in [0.05, 0.1) is 13.7 Å². The summed E-state index contributed by atoms with van der Waals surface area (Å²) in [6.45, 7) is 6.75. The van der Waals surface area contributed by atoms with Crippen LogP contribution in [0, 0.1) is 0 Å². The van der Waals surface area contributed by atoms with Crippen molar-refractivity contribution < 1.29 is 28.8 Å². The fourth-order valence-corrected chi connectivity index (χ4v) is 4.25. The molecule has 2 aromatic rings. The van der Waals surface area contributed by atoms with Gasteiger partial charge in [-0.25, -0.2) is 0 Å². The Kier molecular flexibility index (Phi) is 6.94. The van der Waals surface area contributed by atoms with Crippen molar-refractivity contribution in [3.8, 4) is 17.2 Å². The van der Waals surface area contributed by atoms with E-state index in [1.807, 2.05) is 43.4 Å². The molecule has 0 saturated carbocycles. The molecule has 2 aliphatic heterocycles. The quantitative estimate of drug-likeness (QED) is 0.612. The van der Waals surface area contributed by atoms with E-state index in [1.54, 1.807) is 16.9 Å². The molecule has 1 atom stereocenters. The Morgan fingerprint density at radius 2 is 1.71 bits per heavy atom. The maximum absolute atomic E-state index is 12.8. The van der Waals surface area contributed by atoms with Crippen LogP contribution in [0.2, 0.25) is 0 Å². The van der Waals surface area contributed by atoms with Crippen LogP contribution in [-0.2, 0) is 11.3 Å². The van der Waals surface area contributed by atoms with Crippen molar-refractivity contribution in [3.05, 3.63) is 54.1 Å². The van der Waals surface area contributed by atoms with E-state index in [9.17, 15) is 4.79 Å². The highest BCUT2D eigenvalue weighted by atomic mass is 16.6. The van der Waals surface area contributed by atoms with Gasteiger partial charge >= 0.3 is 0 Å². The first kappa shape index (κ1) is 21.5. The molecule has 7 heteroatoms. The number of nitrogens with one attached hydrogen (secondary N) is 2. The van der Waals surface area contributed by atoms with Crippen LogP contribution in [0.5, 0.6) is 17.2 Å². The number of ether oxygens (including phenoxy) is 3. The van der Waals surface area contributed by atoms with Gasteiger partial charge in [-0.1, -0.05) is 12.1 Å². The summed E-state index contributed by atoms with van der Waals surface area (Å²) in [5, 5.41) is 0. The van der Waals surface area contributed by atoms with Crippen molar-refractivity contribution in [1.29, 1.82) is 0 Å². The molecule has 166 valence electrons. The van der Waals surface area contributed by atoms with E-state index in [-0.39, 0.29) is 12.0 Å². The van der Waals surface area contributed by atoms with Crippen LogP contribution in [0.4, 0.5) is 0 Å². The van der Waals surface area contributed by atoms with Crippen LogP contribution in [0.15, 0.2) is 48.5 Å². The van der Waals surface area contributed by atoms with E-state index in [1.165, 1.54) is 10.5 Å². The van der Waals surface area contributed by atoms with Gasteiger partial charge in [-0.05, 0) is 36.4 Å². The number of amides is 1. The number of carbonyl (C=O) groups is 1. The molecule has 7 nitrogen and oxygen atoms in total. The van der Waals surface area contributed by atoms with Crippen LogP contribution in [0.25, 0.3) is 0 Å². The molecular weight excluding hydrogens is 394 g/mol. The fourth-order valence-electron chi connectivity index (χ4n) is 4.25. The number of benzene rings is 2. The number of hydrogen-bond donors (Lipinski definition) is 2. The number of rotatable bonds is 7. The van der Waals surface area contributed by atoms with Crippen molar-refractivity contribution in [3.63, 3.8) is 0 Å². The van der Waals surface area contributed by atoms with Crippen molar-refractivity contribution in [2.45, 2.75) is 12.6 Å². The van der Waals surface area contributed by atoms with Crippen LogP contribution in [0.3, 0.4) is 0 Å². The molecule has 0 unspecified atom stereocenters. The van der Waals surface area contributed by atoms with Gasteiger partial charge < -0.3 is 28.9 Å². The second-order valence-electron chi connectivity index (χ2n) is 8.47. The zero-order valence-electron chi connectivity index (χ0n) is 18.4. The number of nitrogens with zero attached hydrogens (tertiary/aromatic N) is 1. The van der Waals surface area contributed by atoms with Crippen LogP contribution < -0.4 is 24.0 Å². The van der Waals surface area contributed by atoms with Gasteiger partial charge in [0.15, 0.2) is 24.1 Å².